The van der Waals surface area contributed by atoms with Crippen molar-refractivity contribution in [1.29, 1.82) is 0 Å². The second-order valence-corrected chi connectivity index (χ2v) is 9.10. The predicted molar refractivity (Wildman–Crippen MR) is 122 cm³/mol. The van der Waals surface area contributed by atoms with Crippen LogP contribution in [-0.4, -0.2) is 38.8 Å². The second-order valence-electron chi connectivity index (χ2n) is 7.16. The molecule has 0 saturated heterocycles. The summed E-state index contributed by atoms with van der Waals surface area (Å²) in [6, 6.07) is 23.1. The zero-order valence-electron chi connectivity index (χ0n) is 17.6. The standard InChI is InChI=1S/C24H26N2O4S/c1-19-8-10-21(11-9-19)25-24(27)18-26(17-16-20-6-4-3-5-7-20)31(28,29)23-14-12-22(30-2)13-15-23/h3-15H,16-18H2,1-2H3,(H,25,27). The first-order chi connectivity index (χ1) is 14.9. The molecule has 3 rings (SSSR count). The van der Waals surface area contributed by atoms with E-state index in [2.05, 4.69) is 5.32 Å². The zero-order valence-corrected chi connectivity index (χ0v) is 18.4. The van der Waals surface area contributed by atoms with E-state index in [0.29, 0.717) is 17.9 Å². The van der Waals surface area contributed by atoms with Gasteiger partial charge in [-0.15, -0.1) is 0 Å². The Morgan fingerprint density at radius 2 is 1.58 bits per heavy atom. The summed E-state index contributed by atoms with van der Waals surface area (Å²) in [6.07, 6.45) is 0.494. The van der Waals surface area contributed by atoms with Crippen LogP contribution in [0.5, 0.6) is 5.75 Å². The van der Waals surface area contributed by atoms with E-state index in [-0.39, 0.29) is 18.0 Å². The first kappa shape index (κ1) is 22.5. The molecule has 162 valence electrons. The lowest BCUT2D eigenvalue weighted by molar-refractivity contribution is -0.116. The van der Waals surface area contributed by atoms with Crippen LogP contribution in [0.2, 0.25) is 0 Å². The van der Waals surface area contributed by atoms with Crippen LogP contribution in [0.3, 0.4) is 0 Å². The third-order valence-electron chi connectivity index (χ3n) is 4.85. The van der Waals surface area contributed by atoms with E-state index in [9.17, 15) is 13.2 Å². The Morgan fingerprint density at radius 1 is 0.935 bits per heavy atom. The van der Waals surface area contributed by atoms with Crippen molar-refractivity contribution >= 4 is 21.6 Å². The van der Waals surface area contributed by atoms with Crippen LogP contribution in [0.1, 0.15) is 11.1 Å². The number of carbonyl (C=O) groups excluding carboxylic acids is 1. The highest BCUT2D eigenvalue weighted by atomic mass is 32.2. The number of hydrogen-bond donors (Lipinski definition) is 1. The van der Waals surface area contributed by atoms with Gasteiger partial charge in [-0.25, -0.2) is 8.42 Å². The van der Waals surface area contributed by atoms with Gasteiger partial charge in [-0.3, -0.25) is 4.79 Å². The van der Waals surface area contributed by atoms with Gasteiger partial charge in [-0.2, -0.15) is 4.31 Å². The molecular formula is C24H26N2O4S. The van der Waals surface area contributed by atoms with Crippen molar-refractivity contribution in [3.05, 3.63) is 90.0 Å². The molecule has 0 aliphatic heterocycles. The van der Waals surface area contributed by atoms with Gasteiger partial charge in [0.25, 0.3) is 0 Å². The fourth-order valence-corrected chi connectivity index (χ4v) is 4.47. The van der Waals surface area contributed by atoms with Gasteiger partial charge in [0.05, 0.1) is 18.6 Å². The average Bonchev–Trinajstić information content (AvgIpc) is 2.78. The van der Waals surface area contributed by atoms with Gasteiger partial charge in [0.15, 0.2) is 0 Å². The number of ether oxygens (including phenoxy) is 1. The van der Waals surface area contributed by atoms with Crippen molar-refractivity contribution < 1.29 is 17.9 Å². The fourth-order valence-electron chi connectivity index (χ4n) is 3.08. The van der Waals surface area contributed by atoms with Gasteiger partial charge in [0.2, 0.25) is 15.9 Å². The van der Waals surface area contributed by atoms with E-state index in [1.54, 1.807) is 24.3 Å². The second kappa shape index (κ2) is 10.2. The number of anilines is 1. The van der Waals surface area contributed by atoms with Gasteiger partial charge in [-0.1, -0.05) is 48.0 Å². The molecule has 0 unspecified atom stereocenters. The molecule has 3 aromatic rings. The maximum Gasteiger partial charge on any atom is 0.243 e. The van der Waals surface area contributed by atoms with Crippen LogP contribution >= 0.6 is 0 Å². The van der Waals surface area contributed by atoms with E-state index >= 15 is 0 Å². The molecule has 31 heavy (non-hydrogen) atoms. The van der Waals surface area contributed by atoms with Crippen molar-refractivity contribution in [1.82, 2.24) is 4.31 Å². The summed E-state index contributed by atoms with van der Waals surface area (Å²) < 4.78 is 32.9. The summed E-state index contributed by atoms with van der Waals surface area (Å²) in [6.45, 7) is 1.85. The Balaban J connectivity index is 1.80. The number of rotatable bonds is 9. The predicted octanol–water partition coefficient (Wildman–Crippen LogP) is 3.88. The lowest BCUT2D eigenvalue weighted by Gasteiger charge is -2.22. The van der Waals surface area contributed by atoms with E-state index in [1.807, 2.05) is 49.4 Å². The Kier molecular flexibility index (Phi) is 7.44. The number of nitrogens with one attached hydrogen (secondary N) is 1. The highest BCUT2D eigenvalue weighted by Gasteiger charge is 2.26. The molecule has 0 aliphatic rings. The number of sulfonamides is 1. The normalized spacial score (nSPS) is 11.3. The highest BCUT2D eigenvalue weighted by Crippen LogP contribution is 2.20. The molecule has 0 atom stereocenters. The molecule has 6 nitrogen and oxygen atoms in total. The van der Waals surface area contributed by atoms with Crippen LogP contribution in [0.25, 0.3) is 0 Å². The minimum atomic E-state index is -3.87. The van der Waals surface area contributed by atoms with Crippen molar-refractivity contribution in [2.45, 2.75) is 18.2 Å². The number of benzene rings is 3. The van der Waals surface area contributed by atoms with Crippen molar-refractivity contribution in [2.75, 3.05) is 25.5 Å². The number of nitrogens with zero attached hydrogens (tertiary/aromatic N) is 1. The van der Waals surface area contributed by atoms with Crippen molar-refractivity contribution in [3.63, 3.8) is 0 Å². The molecule has 3 aromatic carbocycles. The topological polar surface area (TPSA) is 75.7 Å². The van der Waals surface area contributed by atoms with E-state index in [4.69, 9.17) is 4.74 Å². The fraction of sp³-hybridized carbons (Fsp3) is 0.208. The molecule has 1 amide bonds. The monoisotopic (exact) mass is 438 g/mol. The summed E-state index contributed by atoms with van der Waals surface area (Å²) >= 11 is 0. The molecule has 0 saturated carbocycles. The number of methoxy groups -OCH3 is 1. The summed E-state index contributed by atoms with van der Waals surface area (Å²) in [5, 5.41) is 2.77. The SMILES string of the molecule is COc1ccc(S(=O)(=O)N(CCc2ccccc2)CC(=O)Nc2ccc(C)cc2)cc1. The molecule has 0 spiro atoms. The Bertz CT molecular complexity index is 1100. The number of carbonyl (C=O) groups is 1. The van der Waals surface area contributed by atoms with Crippen LogP contribution < -0.4 is 10.1 Å². The van der Waals surface area contributed by atoms with E-state index in [1.165, 1.54) is 23.5 Å². The molecular weight excluding hydrogens is 412 g/mol. The van der Waals surface area contributed by atoms with Crippen LogP contribution in [-0.2, 0) is 21.2 Å². The zero-order chi connectivity index (χ0) is 22.3. The first-order valence-electron chi connectivity index (χ1n) is 9.93. The molecule has 0 fully saturated rings. The first-order valence-corrected chi connectivity index (χ1v) is 11.4. The average molecular weight is 439 g/mol. The van der Waals surface area contributed by atoms with Gasteiger partial charge < -0.3 is 10.1 Å². The maximum atomic E-state index is 13.3. The maximum absolute atomic E-state index is 13.3. The van der Waals surface area contributed by atoms with Gasteiger partial charge in [-0.05, 0) is 55.3 Å². The summed E-state index contributed by atoms with van der Waals surface area (Å²) in [4.78, 5) is 12.8. The highest BCUT2D eigenvalue weighted by molar-refractivity contribution is 7.89. The Labute approximate surface area is 183 Å². The number of aryl methyl sites for hydroxylation is 1. The van der Waals surface area contributed by atoms with Crippen LogP contribution in [0.4, 0.5) is 5.69 Å². The van der Waals surface area contributed by atoms with Gasteiger partial charge in [0, 0.05) is 12.2 Å². The van der Waals surface area contributed by atoms with Crippen molar-refractivity contribution in [3.8, 4) is 5.75 Å². The van der Waals surface area contributed by atoms with Crippen molar-refractivity contribution in [2.24, 2.45) is 0 Å². The molecule has 0 aliphatic carbocycles. The molecule has 0 aromatic heterocycles. The lowest BCUT2D eigenvalue weighted by atomic mass is 10.1. The minimum absolute atomic E-state index is 0.115. The third-order valence-corrected chi connectivity index (χ3v) is 6.70. The quantitative estimate of drug-likeness (QED) is 0.550. The van der Waals surface area contributed by atoms with Crippen LogP contribution in [0, 0.1) is 6.92 Å². The summed E-state index contributed by atoms with van der Waals surface area (Å²) in [5.74, 6) is 0.168. The number of amides is 1. The van der Waals surface area contributed by atoms with Crippen LogP contribution in [0.15, 0.2) is 83.8 Å². The molecule has 7 heteroatoms. The Morgan fingerprint density at radius 3 is 2.19 bits per heavy atom. The van der Waals surface area contributed by atoms with Gasteiger partial charge in [0.1, 0.15) is 5.75 Å². The number of hydrogen-bond acceptors (Lipinski definition) is 4. The van der Waals surface area contributed by atoms with E-state index < -0.39 is 15.9 Å². The molecule has 0 radical (unpaired) electrons. The molecule has 1 N–H and O–H groups in total. The largest absolute Gasteiger partial charge is 0.497 e. The molecule has 0 heterocycles. The van der Waals surface area contributed by atoms with Gasteiger partial charge >= 0.3 is 0 Å². The Hall–Kier alpha value is -3.16. The minimum Gasteiger partial charge on any atom is -0.497 e. The molecule has 0 bridgehead atoms. The summed E-state index contributed by atoms with van der Waals surface area (Å²) in [5.41, 5.74) is 2.70. The summed E-state index contributed by atoms with van der Waals surface area (Å²) in [7, 11) is -2.35. The van der Waals surface area contributed by atoms with E-state index in [0.717, 1.165) is 11.1 Å². The smallest absolute Gasteiger partial charge is 0.243 e. The third kappa shape index (κ3) is 6.16. The lowest BCUT2D eigenvalue weighted by Crippen LogP contribution is -2.39.